The third kappa shape index (κ3) is 4.20. The molecule has 9 rings (SSSR count). The van der Waals surface area contributed by atoms with Crippen LogP contribution in [0.15, 0.2) is 114 Å². The average molecular weight is 634 g/mol. The molecule has 1 saturated carbocycles. The SMILES string of the molecule is CC1(O)CC(c2ccc(-c3nc4c(cnc5cc(-c6ccsc6)nn54)cc3-c3ccccc3)cc2)(N2C(=O)c3ccccc3C2=O)C1. The summed E-state index contributed by atoms with van der Waals surface area (Å²) in [7, 11) is 0. The Bertz CT molecular complexity index is 2340. The first-order valence-corrected chi connectivity index (χ1v) is 16.3. The maximum atomic E-state index is 13.6. The van der Waals surface area contributed by atoms with Gasteiger partial charge in [-0.3, -0.25) is 14.5 Å². The molecule has 47 heavy (non-hydrogen) atoms. The molecule has 0 saturated heterocycles. The molecule has 0 spiro atoms. The molecule has 0 bridgehead atoms. The van der Waals surface area contributed by atoms with Gasteiger partial charge in [0.25, 0.3) is 11.8 Å². The minimum absolute atomic E-state index is 0.255. The van der Waals surface area contributed by atoms with Gasteiger partial charge in [-0.1, -0.05) is 66.7 Å². The second kappa shape index (κ2) is 9.99. The summed E-state index contributed by atoms with van der Waals surface area (Å²) in [5.41, 5.74) is 6.49. The Labute approximate surface area is 273 Å². The Kier molecular flexibility index (Phi) is 5.90. The molecule has 1 N–H and O–H groups in total. The zero-order valence-electron chi connectivity index (χ0n) is 25.3. The summed E-state index contributed by atoms with van der Waals surface area (Å²) in [6, 6.07) is 31.0. The first-order valence-electron chi connectivity index (χ1n) is 15.4. The summed E-state index contributed by atoms with van der Waals surface area (Å²) >= 11 is 1.62. The standard InChI is InChI=1S/C38H27N5O3S/c1-37(46)21-38(22-37,42-35(44)28-9-5-6-10-29(28)36(42)45)27-13-11-24(12-14-27)33-30(23-7-3-2-4-8-23)17-26-19-39-32-18-31(25-15-16-47-20-25)41-43(32)34(26)40-33/h2-20,46H,21-22H2,1H3. The second-order valence-electron chi connectivity index (χ2n) is 12.7. The summed E-state index contributed by atoms with van der Waals surface area (Å²) < 4.78 is 1.79. The fraction of sp³-hybridized carbons (Fsp3) is 0.132. The zero-order valence-corrected chi connectivity index (χ0v) is 26.1. The van der Waals surface area contributed by atoms with E-state index in [0.29, 0.717) is 22.4 Å². The number of hydrogen-bond donors (Lipinski definition) is 1. The minimum atomic E-state index is -1.00. The van der Waals surface area contributed by atoms with Gasteiger partial charge in [-0.2, -0.15) is 21.0 Å². The smallest absolute Gasteiger partial charge is 0.262 e. The summed E-state index contributed by atoms with van der Waals surface area (Å²) in [5, 5.41) is 20.8. The lowest BCUT2D eigenvalue weighted by Gasteiger charge is -2.55. The van der Waals surface area contributed by atoms with Gasteiger partial charge < -0.3 is 5.11 Å². The molecule has 2 aliphatic rings. The molecule has 0 radical (unpaired) electrons. The van der Waals surface area contributed by atoms with Crippen molar-refractivity contribution in [2.45, 2.75) is 30.9 Å². The van der Waals surface area contributed by atoms with E-state index in [4.69, 9.17) is 15.1 Å². The van der Waals surface area contributed by atoms with E-state index in [-0.39, 0.29) is 24.7 Å². The molecular formula is C38H27N5O3S. The van der Waals surface area contributed by atoms with Crippen LogP contribution in [-0.2, 0) is 5.54 Å². The molecule has 4 aromatic heterocycles. The number of thiophene rings is 1. The van der Waals surface area contributed by atoms with Gasteiger partial charge in [0.2, 0.25) is 0 Å². The Morgan fingerprint density at radius 2 is 1.49 bits per heavy atom. The number of carbonyl (C=O) groups is 2. The first-order chi connectivity index (χ1) is 22.8. The molecule has 3 aromatic carbocycles. The largest absolute Gasteiger partial charge is 0.390 e. The van der Waals surface area contributed by atoms with Crippen molar-refractivity contribution in [1.29, 1.82) is 0 Å². The number of imide groups is 1. The van der Waals surface area contributed by atoms with Crippen molar-refractivity contribution in [3.05, 3.63) is 131 Å². The van der Waals surface area contributed by atoms with Crippen molar-refractivity contribution in [1.82, 2.24) is 24.5 Å². The van der Waals surface area contributed by atoms with Gasteiger partial charge in [0.15, 0.2) is 11.3 Å². The van der Waals surface area contributed by atoms with Crippen LogP contribution in [0.1, 0.15) is 46.0 Å². The topological polar surface area (TPSA) is 101 Å². The molecule has 2 amide bonds. The molecule has 7 aromatic rings. The van der Waals surface area contributed by atoms with E-state index in [1.807, 2.05) is 66.2 Å². The Hall–Kier alpha value is -5.51. The van der Waals surface area contributed by atoms with Crippen molar-refractivity contribution >= 4 is 39.8 Å². The van der Waals surface area contributed by atoms with Crippen molar-refractivity contribution < 1.29 is 14.7 Å². The number of hydrogen-bond acceptors (Lipinski definition) is 7. The van der Waals surface area contributed by atoms with E-state index >= 15 is 0 Å². The molecule has 1 fully saturated rings. The van der Waals surface area contributed by atoms with Gasteiger partial charge in [0, 0.05) is 52.6 Å². The van der Waals surface area contributed by atoms with E-state index in [9.17, 15) is 14.7 Å². The quantitative estimate of drug-likeness (QED) is 0.199. The third-order valence-corrected chi connectivity index (χ3v) is 10.1. The molecule has 1 aliphatic carbocycles. The maximum absolute atomic E-state index is 13.6. The molecule has 9 heteroatoms. The van der Waals surface area contributed by atoms with Crippen LogP contribution < -0.4 is 0 Å². The predicted molar refractivity (Wildman–Crippen MR) is 181 cm³/mol. The van der Waals surface area contributed by atoms with Crippen molar-refractivity contribution in [2.24, 2.45) is 0 Å². The van der Waals surface area contributed by atoms with Gasteiger partial charge in [-0.05, 0) is 47.7 Å². The summed E-state index contributed by atoms with van der Waals surface area (Å²) in [6.07, 6.45) is 2.35. The van der Waals surface area contributed by atoms with Crippen molar-refractivity contribution in [3.63, 3.8) is 0 Å². The highest BCUT2D eigenvalue weighted by Gasteiger charge is 2.60. The summed E-state index contributed by atoms with van der Waals surface area (Å²) in [4.78, 5) is 38.5. The van der Waals surface area contributed by atoms with E-state index in [2.05, 4.69) is 23.6 Å². The number of pyridine rings is 1. The summed E-state index contributed by atoms with van der Waals surface area (Å²) in [5.74, 6) is -0.655. The second-order valence-corrected chi connectivity index (χ2v) is 13.5. The average Bonchev–Trinajstić information content (AvgIpc) is 3.83. The normalized spacial score (nSPS) is 20.6. The van der Waals surface area contributed by atoms with Gasteiger partial charge in [-0.15, -0.1) is 0 Å². The number of amides is 2. The van der Waals surface area contributed by atoms with Crippen LogP contribution in [0.4, 0.5) is 0 Å². The Morgan fingerprint density at radius 3 is 2.15 bits per heavy atom. The van der Waals surface area contributed by atoms with Crippen LogP contribution in [0.5, 0.6) is 0 Å². The number of aliphatic hydroxyl groups is 1. The van der Waals surface area contributed by atoms with Crippen LogP contribution >= 0.6 is 11.3 Å². The van der Waals surface area contributed by atoms with Gasteiger partial charge in [-0.25, -0.2) is 9.97 Å². The number of aromatic nitrogens is 4. The van der Waals surface area contributed by atoms with Crippen molar-refractivity contribution in [2.75, 3.05) is 0 Å². The lowest BCUT2D eigenvalue weighted by molar-refractivity contribution is -0.118. The number of nitrogens with zero attached hydrogens (tertiary/aromatic N) is 5. The minimum Gasteiger partial charge on any atom is -0.390 e. The highest BCUT2D eigenvalue weighted by Crippen LogP contribution is 2.54. The van der Waals surface area contributed by atoms with E-state index in [1.54, 1.807) is 47.0 Å². The number of carbonyl (C=O) groups excluding carboxylic acids is 2. The zero-order chi connectivity index (χ0) is 31.9. The van der Waals surface area contributed by atoms with E-state index in [0.717, 1.165) is 44.6 Å². The number of benzene rings is 3. The lowest BCUT2D eigenvalue weighted by Crippen LogP contribution is -2.63. The molecule has 5 heterocycles. The molecule has 228 valence electrons. The Balaban J connectivity index is 1.18. The third-order valence-electron chi connectivity index (χ3n) is 9.42. The van der Waals surface area contributed by atoms with Crippen molar-refractivity contribution in [3.8, 4) is 33.6 Å². The van der Waals surface area contributed by atoms with Crippen LogP contribution in [0.25, 0.3) is 50.3 Å². The van der Waals surface area contributed by atoms with Gasteiger partial charge >= 0.3 is 0 Å². The predicted octanol–water partition coefficient (Wildman–Crippen LogP) is 7.38. The van der Waals surface area contributed by atoms with Crippen LogP contribution in [0.2, 0.25) is 0 Å². The first kappa shape index (κ1) is 27.8. The molecule has 1 aliphatic heterocycles. The van der Waals surface area contributed by atoms with Gasteiger partial charge in [0.05, 0.1) is 33.7 Å². The monoisotopic (exact) mass is 633 g/mol. The molecule has 8 nitrogen and oxygen atoms in total. The fourth-order valence-corrected chi connectivity index (χ4v) is 8.01. The molecule has 0 atom stereocenters. The lowest BCUT2D eigenvalue weighted by atomic mass is 9.61. The van der Waals surface area contributed by atoms with Crippen LogP contribution in [0.3, 0.4) is 0 Å². The highest BCUT2D eigenvalue weighted by molar-refractivity contribution is 7.08. The Morgan fingerprint density at radius 1 is 0.787 bits per heavy atom. The van der Waals surface area contributed by atoms with Gasteiger partial charge in [0.1, 0.15) is 0 Å². The highest BCUT2D eigenvalue weighted by atomic mass is 32.1. The summed E-state index contributed by atoms with van der Waals surface area (Å²) in [6.45, 7) is 1.75. The van der Waals surface area contributed by atoms with Crippen LogP contribution in [0, 0.1) is 0 Å². The maximum Gasteiger partial charge on any atom is 0.262 e. The fourth-order valence-electron chi connectivity index (χ4n) is 7.36. The molecule has 0 unspecified atom stereocenters. The number of fused-ring (bicyclic) bond motifs is 4. The van der Waals surface area contributed by atoms with E-state index in [1.165, 1.54) is 4.90 Å². The van der Waals surface area contributed by atoms with Crippen LogP contribution in [-0.4, -0.2) is 47.0 Å². The molecular weight excluding hydrogens is 607 g/mol. The van der Waals surface area contributed by atoms with E-state index < -0.39 is 11.1 Å². The number of rotatable bonds is 5.